The summed E-state index contributed by atoms with van der Waals surface area (Å²) in [4.78, 5) is 9.91. The zero-order chi connectivity index (χ0) is 9.26. The summed E-state index contributed by atoms with van der Waals surface area (Å²) < 4.78 is 0. The van der Waals surface area contributed by atoms with Crippen molar-refractivity contribution in [3.8, 4) is 0 Å². The van der Waals surface area contributed by atoms with Gasteiger partial charge in [-0.2, -0.15) is 0 Å². The number of hydrogen-bond donors (Lipinski definition) is 1. The van der Waals surface area contributed by atoms with Crippen molar-refractivity contribution in [2.75, 3.05) is 23.7 Å². The van der Waals surface area contributed by atoms with E-state index in [9.17, 15) is 0 Å². The van der Waals surface area contributed by atoms with Gasteiger partial charge in [0.05, 0.1) is 0 Å². The molecular formula is C8H9ClN4. The van der Waals surface area contributed by atoms with Crippen LogP contribution < -0.4 is 10.6 Å². The minimum atomic E-state index is 0.332. The summed E-state index contributed by atoms with van der Waals surface area (Å²) in [7, 11) is 0. The fourth-order valence-electron chi connectivity index (χ4n) is 1.25. The number of nitrogens with two attached hydrogens (primary N) is 1. The van der Waals surface area contributed by atoms with E-state index >= 15 is 0 Å². The normalized spacial score (nSPS) is 15.3. The highest BCUT2D eigenvalue weighted by atomic mass is 35.5. The second-order valence-corrected chi connectivity index (χ2v) is 3.15. The Balaban J connectivity index is 2.34. The van der Waals surface area contributed by atoms with Crippen LogP contribution in [0.4, 0.5) is 11.6 Å². The molecular weight excluding hydrogens is 188 g/mol. The summed E-state index contributed by atoms with van der Waals surface area (Å²) in [6, 6.07) is 0. The first-order chi connectivity index (χ1) is 6.29. The maximum absolute atomic E-state index is 5.95. The summed E-state index contributed by atoms with van der Waals surface area (Å²) in [5.74, 6) is 1.04. The van der Waals surface area contributed by atoms with E-state index in [1.54, 1.807) is 0 Å². The van der Waals surface area contributed by atoms with Crippen LogP contribution in [0.2, 0.25) is 5.02 Å². The zero-order valence-electron chi connectivity index (χ0n) is 6.94. The quantitative estimate of drug-likeness (QED) is 0.684. The van der Waals surface area contributed by atoms with Crippen LogP contribution in [-0.2, 0) is 0 Å². The minimum absolute atomic E-state index is 0.332. The fraction of sp³-hybridized carbons (Fsp3) is 0.250. The highest BCUT2D eigenvalue weighted by Gasteiger charge is 2.14. The summed E-state index contributed by atoms with van der Waals surface area (Å²) in [5.41, 5.74) is 5.56. The SMILES string of the molecule is Nc1ncnc(N2CC=CC2)c1Cl. The zero-order valence-corrected chi connectivity index (χ0v) is 7.70. The Morgan fingerprint density at radius 2 is 2.00 bits per heavy atom. The molecule has 0 saturated heterocycles. The Kier molecular flexibility index (Phi) is 2.06. The van der Waals surface area contributed by atoms with Crippen LogP contribution in [0.15, 0.2) is 18.5 Å². The van der Waals surface area contributed by atoms with Crippen molar-refractivity contribution in [1.82, 2.24) is 9.97 Å². The number of nitrogens with zero attached hydrogens (tertiary/aromatic N) is 3. The summed E-state index contributed by atoms with van der Waals surface area (Å²) in [6.45, 7) is 1.66. The Labute approximate surface area is 81.0 Å². The van der Waals surface area contributed by atoms with Gasteiger partial charge < -0.3 is 10.6 Å². The van der Waals surface area contributed by atoms with E-state index in [-0.39, 0.29) is 0 Å². The maximum Gasteiger partial charge on any atom is 0.153 e. The molecule has 0 aliphatic carbocycles. The van der Waals surface area contributed by atoms with E-state index in [4.69, 9.17) is 17.3 Å². The van der Waals surface area contributed by atoms with Gasteiger partial charge in [0.2, 0.25) is 0 Å². The van der Waals surface area contributed by atoms with Gasteiger partial charge in [0, 0.05) is 13.1 Å². The molecule has 13 heavy (non-hydrogen) atoms. The molecule has 0 spiro atoms. The highest BCUT2D eigenvalue weighted by Crippen LogP contribution is 2.27. The molecule has 0 bridgehead atoms. The van der Waals surface area contributed by atoms with Crippen LogP contribution in [0.5, 0.6) is 0 Å². The molecule has 2 rings (SSSR count). The smallest absolute Gasteiger partial charge is 0.153 e. The first-order valence-electron chi connectivity index (χ1n) is 3.95. The molecule has 0 amide bonds. The number of anilines is 2. The average molecular weight is 197 g/mol. The number of rotatable bonds is 1. The molecule has 68 valence electrons. The number of nitrogen functional groups attached to an aromatic ring is 1. The lowest BCUT2D eigenvalue weighted by Gasteiger charge is -2.17. The van der Waals surface area contributed by atoms with E-state index in [1.165, 1.54) is 6.33 Å². The molecule has 0 unspecified atom stereocenters. The Bertz CT molecular complexity index is 342. The van der Waals surface area contributed by atoms with E-state index in [0.717, 1.165) is 13.1 Å². The standard InChI is InChI=1S/C8H9ClN4/c9-6-7(10)11-5-12-8(6)13-3-1-2-4-13/h1-2,5H,3-4H2,(H2,10,11,12). The lowest BCUT2D eigenvalue weighted by atomic mass is 10.4. The van der Waals surface area contributed by atoms with Crippen LogP contribution in [0, 0.1) is 0 Å². The molecule has 0 saturated carbocycles. The molecule has 0 aromatic carbocycles. The number of aromatic nitrogens is 2. The van der Waals surface area contributed by atoms with Gasteiger partial charge >= 0.3 is 0 Å². The molecule has 2 heterocycles. The van der Waals surface area contributed by atoms with Gasteiger partial charge in [0.1, 0.15) is 17.2 Å². The molecule has 1 aliphatic rings. The van der Waals surface area contributed by atoms with Gasteiger partial charge in [-0.3, -0.25) is 0 Å². The molecule has 1 aromatic heterocycles. The van der Waals surface area contributed by atoms with E-state index in [0.29, 0.717) is 16.7 Å². The van der Waals surface area contributed by atoms with E-state index in [1.807, 2.05) is 4.90 Å². The predicted molar refractivity (Wildman–Crippen MR) is 52.8 cm³/mol. The third-order valence-corrected chi connectivity index (χ3v) is 2.28. The topological polar surface area (TPSA) is 55.0 Å². The molecule has 5 heteroatoms. The Hall–Kier alpha value is -1.29. The van der Waals surface area contributed by atoms with E-state index < -0.39 is 0 Å². The summed E-state index contributed by atoms with van der Waals surface area (Å²) in [6.07, 6.45) is 5.55. The van der Waals surface area contributed by atoms with Crippen molar-refractivity contribution < 1.29 is 0 Å². The molecule has 1 aliphatic heterocycles. The second-order valence-electron chi connectivity index (χ2n) is 2.77. The largest absolute Gasteiger partial charge is 0.382 e. The summed E-state index contributed by atoms with van der Waals surface area (Å²) in [5, 5.41) is 0.436. The van der Waals surface area contributed by atoms with Crippen molar-refractivity contribution >= 4 is 23.2 Å². The molecule has 0 fully saturated rings. The lowest BCUT2D eigenvalue weighted by Crippen LogP contribution is -2.20. The van der Waals surface area contributed by atoms with Crippen molar-refractivity contribution in [2.24, 2.45) is 0 Å². The van der Waals surface area contributed by atoms with Crippen molar-refractivity contribution in [2.45, 2.75) is 0 Å². The second kappa shape index (κ2) is 3.22. The van der Waals surface area contributed by atoms with Gasteiger partial charge in [-0.25, -0.2) is 9.97 Å². The lowest BCUT2D eigenvalue weighted by molar-refractivity contribution is 0.958. The molecule has 1 aromatic rings. The van der Waals surface area contributed by atoms with Gasteiger partial charge in [-0.15, -0.1) is 0 Å². The van der Waals surface area contributed by atoms with Gasteiger partial charge in [-0.05, 0) is 0 Å². The first-order valence-corrected chi connectivity index (χ1v) is 4.33. The maximum atomic E-state index is 5.95. The van der Waals surface area contributed by atoms with Crippen molar-refractivity contribution in [3.05, 3.63) is 23.5 Å². The van der Waals surface area contributed by atoms with Crippen LogP contribution in [0.1, 0.15) is 0 Å². The van der Waals surface area contributed by atoms with Crippen LogP contribution in [0.25, 0.3) is 0 Å². The number of hydrogen-bond acceptors (Lipinski definition) is 4. The monoisotopic (exact) mass is 196 g/mol. The average Bonchev–Trinajstić information content (AvgIpc) is 2.62. The molecule has 0 radical (unpaired) electrons. The Morgan fingerprint density at radius 3 is 2.69 bits per heavy atom. The Morgan fingerprint density at radius 1 is 1.31 bits per heavy atom. The van der Waals surface area contributed by atoms with Crippen LogP contribution in [-0.4, -0.2) is 23.1 Å². The van der Waals surface area contributed by atoms with Crippen molar-refractivity contribution in [1.29, 1.82) is 0 Å². The fourth-order valence-corrected chi connectivity index (χ4v) is 1.46. The van der Waals surface area contributed by atoms with Crippen LogP contribution in [0.3, 0.4) is 0 Å². The molecule has 2 N–H and O–H groups in total. The minimum Gasteiger partial charge on any atom is -0.382 e. The third-order valence-electron chi connectivity index (χ3n) is 1.92. The number of halogens is 1. The molecule has 0 atom stereocenters. The van der Waals surface area contributed by atoms with Gasteiger partial charge in [-0.1, -0.05) is 23.8 Å². The predicted octanol–water partition coefficient (Wildman–Crippen LogP) is 1.09. The highest BCUT2D eigenvalue weighted by molar-refractivity contribution is 6.35. The molecule has 4 nitrogen and oxygen atoms in total. The van der Waals surface area contributed by atoms with Crippen LogP contribution >= 0.6 is 11.6 Å². The third kappa shape index (κ3) is 1.45. The van der Waals surface area contributed by atoms with E-state index in [2.05, 4.69) is 22.1 Å². The van der Waals surface area contributed by atoms with Gasteiger partial charge in [0.15, 0.2) is 5.82 Å². The first kappa shape index (κ1) is 8.31. The van der Waals surface area contributed by atoms with Crippen molar-refractivity contribution in [3.63, 3.8) is 0 Å². The van der Waals surface area contributed by atoms with Gasteiger partial charge in [0.25, 0.3) is 0 Å². The summed E-state index contributed by atoms with van der Waals surface area (Å²) >= 11 is 5.95.